The van der Waals surface area contributed by atoms with E-state index in [0.717, 1.165) is 0 Å². The number of nitrogens with zero attached hydrogens (tertiary/aromatic N) is 10. The highest BCUT2D eigenvalue weighted by atomic mass is 15.1. The molecule has 3 aromatic rings. The Morgan fingerprint density at radius 3 is 2.43 bits per heavy atom. The summed E-state index contributed by atoms with van der Waals surface area (Å²) >= 11 is 0. The second kappa shape index (κ2) is 7.54. The second-order valence-electron chi connectivity index (χ2n) is 5.30. The zero-order chi connectivity index (χ0) is 20.1. The van der Waals surface area contributed by atoms with Crippen LogP contribution in [0.15, 0.2) is 6.07 Å². The fourth-order valence-electron chi connectivity index (χ4n) is 2.42. The standard InChI is InChI=1S/C17H7N11/c1-20-8-12-23-9(4-5-18)6-11(24-12)10(7-19)13-25-16-17(26-13)28-15(22-3)14(21-2)27-16/h6,10H,4,8H2,(H,25,26,27,28). The van der Waals surface area contributed by atoms with E-state index in [1.165, 1.54) is 6.07 Å². The van der Waals surface area contributed by atoms with Crippen LogP contribution in [-0.4, -0.2) is 29.9 Å². The van der Waals surface area contributed by atoms with Gasteiger partial charge in [0.1, 0.15) is 11.7 Å². The molecule has 0 aromatic carbocycles. The first-order chi connectivity index (χ1) is 13.6. The molecule has 0 amide bonds. The van der Waals surface area contributed by atoms with Gasteiger partial charge in [0.05, 0.1) is 29.9 Å². The van der Waals surface area contributed by atoms with Gasteiger partial charge < -0.3 is 19.5 Å². The average Bonchev–Trinajstić information content (AvgIpc) is 3.10. The maximum Gasteiger partial charge on any atom is 0.315 e. The minimum absolute atomic E-state index is 0.00460. The van der Waals surface area contributed by atoms with E-state index in [0.29, 0.717) is 5.69 Å². The molecule has 0 saturated carbocycles. The van der Waals surface area contributed by atoms with Gasteiger partial charge in [0, 0.05) is 0 Å². The Bertz CT molecular complexity index is 1200. The van der Waals surface area contributed by atoms with E-state index in [4.69, 9.17) is 25.0 Å². The third kappa shape index (κ3) is 3.26. The predicted octanol–water partition coefficient (Wildman–Crippen LogP) is 2.39. The summed E-state index contributed by atoms with van der Waals surface area (Å²) in [6.07, 6.45) is 0.00460. The summed E-state index contributed by atoms with van der Waals surface area (Å²) in [6, 6.07) is 5.55. The maximum absolute atomic E-state index is 9.67. The number of fused-ring (bicyclic) bond motifs is 1. The molecule has 28 heavy (non-hydrogen) atoms. The lowest BCUT2D eigenvalue weighted by Crippen LogP contribution is -2.08. The SMILES string of the molecule is [C-]#[N+]Cc1nc(CC#N)cc(C(C#N)c2nc3nc([N+]#[C-])c([N+]#[C-])nc3[nH]2)n1. The van der Waals surface area contributed by atoms with Crippen LogP contribution in [0.3, 0.4) is 0 Å². The molecule has 0 spiro atoms. The van der Waals surface area contributed by atoms with Crippen molar-refractivity contribution in [3.05, 3.63) is 63.4 Å². The van der Waals surface area contributed by atoms with E-state index in [-0.39, 0.29) is 53.2 Å². The summed E-state index contributed by atoms with van der Waals surface area (Å²) < 4.78 is 0. The van der Waals surface area contributed by atoms with Crippen LogP contribution in [0.1, 0.15) is 29.0 Å². The molecule has 130 valence electrons. The zero-order valence-corrected chi connectivity index (χ0v) is 14.0. The summed E-state index contributed by atoms with van der Waals surface area (Å²) in [6.45, 7) is 21.0. The van der Waals surface area contributed by atoms with Gasteiger partial charge in [-0.3, -0.25) is 0 Å². The summed E-state index contributed by atoms with van der Waals surface area (Å²) in [4.78, 5) is 33.0. The van der Waals surface area contributed by atoms with Crippen molar-refractivity contribution in [3.63, 3.8) is 0 Å². The minimum atomic E-state index is -0.964. The lowest BCUT2D eigenvalue weighted by molar-refractivity contribution is 0.832. The fraction of sp³-hybridized carbons (Fsp3) is 0.176. The average molecular weight is 365 g/mol. The Kier molecular flexibility index (Phi) is 4.82. The van der Waals surface area contributed by atoms with Crippen LogP contribution in [0.2, 0.25) is 0 Å². The number of aromatic nitrogens is 6. The normalized spacial score (nSPS) is 10.8. The van der Waals surface area contributed by atoms with Crippen LogP contribution in [-0.2, 0) is 13.0 Å². The summed E-state index contributed by atoms with van der Waals surface area (Å²) in [7, 11) is 0. The van der Waals surface area contributed by atoms with Crippen molar-refractivity contribution in [2.24, 2.45) is 0 Å². The van der Waals surface area contributed by atoms with Crippen molar-refractivity contribution in [1.82, 2.24) is 29.9 Å². The monoisotopic (exact) mass is 365 g/mol. The molecule has 0 aliphatic rings. The molecule has 1 unspecified atom stereocenters. The Labute approximate surface area is 158 Å². The molecule has 0 aliphatic heterocycles. The first kappa shape index (κ1) is 17.9. The molecular weight excluding hydrogens is 358 g/mol. The molecule has 1 N–H and O–H groups in total. The lowest BCUT2D eigenvalue weighted by Gasteiger charge is -2.07. The fourth-order valence-corrected chi connectivity index (χ4v) is 2.42. The van der Waals surface area contributed by atoms with Crippen LogP contribution in [0, 0.1) is 42.4 Å². The number of hydrogen-bond donors (Lipinski definition) is 1. The van der Waals surface area contributed by atoms with Crippen molar-refractivity contribution in [2.45, 2.75) is 18.9 Å². The zero-order valence-electron chi connectivity index (χ0n) is 14.0. The predicted molar refractivity (Wildman–Crippen MR) is 93.3 cm³/mol. The number of nitrogens with one attached hydrogen (secondary N) is 1. The van der Waals surface area contributed by atoms with Crippen molar-refractivity contribution < 1.29 is 0 Å². The van der Waals surface area contributed by atoms with E-state index < -0.39 is 5.92 Å². The topological polar surface area (TPSA) is 141 Å². The van der Waals surface area contributed by atoms with Crippen LogP contribution >= 0.6 is 0 Å². The molecule has 11 nitrogen and oxygen atoms in total. The van der Waals surface area contributed by atoms with E-state index >= 15 is 0 Å². The van der Waals surface area contributed by atoms with Gasteiger partial charge >= 0.3 is 5.65 Å². The number of rotatable bonds is 4. The van der Waals surface area contributed by atoms with Crippen molar-refractivity contribution in [3.8, 4) is 12.1 Å². The molecule has 3 aromatic heterocycles. The van der Waals surface area contributed by atoms with Crippen LogP contribution in [0.25, 0.3) is 25.8 Å². The largest absolute Gasteiger partial charge is 0.370 e. The Balaban J connectivity index is 2.13. The van der Waals surface area contributed by atoms with Gasteiger partial charge in [-0.05, 0) is 6.07 Å². The molecule has 0 radical (unpaired) electrons. The minimum Gasteiger partial charge on any atom is -0.370 e. The third-order valence-corrected chi connectivity index (χ3v) is 3.55. The molecule has 1 atom stereocenters. The summed E-state index contributed by atoms with van der Waals surface area (Å²) in [5.41, 5.74) is 0.934. The van der Waals surface area contributed by atoms with E-state index in [1.807, 2.05) is 6.07 Å². The lowest BCUT2D eigenvalue weighted by atomic mass is 10.0. The highest BCUT2D eigenvalue weighted by Gasteiger charge is 2.25. The Hall–Kier alpha value is -4.92. The van der Waals surface area contributed by atoms with Gasteiger partial charge in [0.15, 0.2) is 0 Å². The van der Waals surface area contributed by atoms with Gasteiger partial charge in [0.2, 0.25) is 5.82 Å². The van der Waals surface area contributed by atoms with Gasteiger partial charge in [-0.1, -0.05) is 13.1 Å². The van der Waals surface area contributed by atoms with Crippen molar-refractivity contribution in [1.29, 1.82) is 10.5 Å². The van der Waals surface area contributed by atoms with Crippen LogP contribution in [0.4, 0.5) is 11.6 Å². The van der Waals surface area contributed by atoms with Gasteiger partial charge in [-0.2, -0.15) is 15.5 Å². The quantitative estimate of drug-likeness (QED) is 0.700. The molecule has 0 saturated heterocycles. The number of H-pyrrole nitrogens is 1. The molecule has 0 aliphatic carbocycles. The second-order valence-corrected chi connectivity index (χ2v) is 5.30. The Morgan fingerprint density at radius 2 is 1.79 bits per heavy atom. The number of nitriles is 2. The van der Waals surface area contributed by atoms with E-state index in [9.17, 15) is 5.26 Å². The molecule has 11 heteroatoms. The smallest absolute Gasteiger partial charge is 0.315 e. The molecule has 0 fully saturated rings. The van der Waals surface area contributed by atoms with Gasteiger partial charge in [-0.25, -0.2) is 16.5 Å². The first-order valence-electron chi connectivity index (χ1n) is 7.62. The number of hydrogen-bond acceptors (Lipinski definition) is 7. The summed E-state index contributed by atoms with van der Waals surface area (Å²) in [5, 5.41) is 18.6. The van der Waals surface area contributed by atoms with Crippen molar-refractivity contribution in [2.75, 3.05) is 0 Å². The molecule has 3 rings (SSSR count). The van der Waals surface area contributed by atoms with E-state index in [2.05, 4.69) is 50.5 Å². The van der Waals surface area contributed by atoms with Gasteiger partial charge in [0.25, 0.3) is 23.8 Å². The van der Waals surface area contributed by atoms with Crippen LogP contribution in [0.5, 0.6) is 0 Å². The summed E-state index contributed by atoms with van der Waals surface area (Å²) in [5.74, 6) is -0.925. The first-order valence-corrected chi connectivity index (χ1v) is 7.62. The van der Waals surface area contributed by atoms with E-state index in [1.54, 1.807) is 0 Å². The Morgan fingerprint density at radius 1 is 1.04 bits per heavy atom. The van der Waals surface area contributed by atoms with Gasteiger partial charge in [-0.15, -0.1) is 9.97 Å². The highest BCUT2D eigenvalue weighted by Crippen LogP contribution is 2.28. The highest BCUT2D eigenvalue weighted by molar-refractivity contribution is 5.75. The maximum atomic E-state index is 9.67. The number of aromatic amines is 1. The third-order valence-electron chi connectivity index (χ3n) is 3.55. The van der Waals surface area contributed by atoms with Crippen LogP contribution < -0.4 is 0 Å². The van der Waals surface area contributed by atoms with Crippen molar-refractivity contribution >= 4 is 22.9 Å². The molecule has 3 heterocycles. The number of imidazole rings is 1. The molecule has 0 bridgehead atoms. The molecular formula is C17H7N11.